The van der Waals surface area contributed by atoms with Crippen molar-refractivity contribution in [1.29, 1.82) is 0 Å². The molecule has 0 bridgehead atoms. The van der Waals surface area contributed by atoms with Gasteiger partial charge in [-0.15, -0.1) is 0 Å². The van der Waals surface area contributed by atoms with Gasteiger partial charge in [-0.1, -0.05) is 43.7 Å². The Labute approximate surface area is 138 Å². The van der Waals surface area contributed by atoms with Crippen LogP contribution in [0.3, 0.4) is 0 Å². The molecule has 1 aromatic heterocycles. The minimum Gasteiger partial charge on any atom is -0.380 e. The van der Waals surface area contributed by atoms with Gasteiger partial charge >= 0.3 is 0 Å². The van der Waals surface area contributed by atoms with Crippen molar-refractivity contribution in [3.05, 3.63) is 59.4 Å². The summed E-state index contributed by atoms with van der Waals surface area (Å²) in [7, 11) is 0. The minimum absolute atomic E-state index is 0.115. The molecule has 2 rings (SSSR count). The zero-order chi connectivity index (χ0) is 16.7. The number of nitrogens with one attached hydrogen (secondary N) is 2. The summed E-state index contributed by atoms with van der Waals surface area (Å²) in [6, 6.07) is 12.0. The van der Waals surface area contributed by atoms with Crippen LogP contribution in [0, 0.1) is 12.8 Å². The van der Waals surface area contributed by atoms with Crippen molar-refractivity contribution < 1.29 is 4.79 Å². The number of anilines is 1. The minimum atomic E-state index is -0.115. The molecule has 0 spiro atoms. The first-order valence-electron chi connectivity index (χ1n) is 8.08. The van der Waals surface area contributed by atoms with Gasteiger partial charge in [0.1, 0.15) is 5.69 Å². The largest absolute Gasteiger partial charge is 0.380 e. The normalized spacial score (nSPS) is 10.6. The number of rotatable bonds is 7. The van der Waals surface area contributed by atoms with E-state index in [4.69, 9.17) is 0 Å². The number of aryl methyl sites for hydroxylation is 1. The molecule has 1 amide bonds. The lowest BCUT2D eigenvalue weighted by Gasteiger charge is -2.09. The van der Waals surface area contributed by atoms with Crippen LogP contribution >= 0.6 is 0 Å². The number of aromatic nitrogens is 1. The quantitative estimate of drug-likeness (QED) is 0.818. The van der Waals surface area contributed by atoms with Gasteiger partial charge in [0, 0.05) is 13.1 Å². The average molecular weight is 311 g/mol. The highest BCUT2D eigenvalue weighted by molar-refractivity contribution is 5.92. The first-order chi connectivity index (χ1) is 11.0. The van der Waals surface area contributed by atoms with Crippen LogP contribution in [0.25, 0.3) is 0 Å². The summed E-state index contributed by atoms with van der Waals surface area (Å²) in [6.45, 7) is 7.78. The molecule has 0 unspecified atom stereocenters. The summed E-state index contributed by atoms with van der Waals surface area (Å²) >= 11 is 0. The highest BCUT2D eigenvalue weighted by Gasteiger charge is 2.06. The molecule has 4 nitrogen and oxygen atoms in total. The van der Waals surface area contributed by atoms with Crippen molar-refractivity contribution in [2.75, 3.05) is 11.9 Å². The highest BCUT2D eigenvalue weighted by Crippen LogP contribution is 2.10. The molecule has 1 aromatic carbocycles. The number of carbonyl (C=O) groups is 1. The molecular formula is C19H25N3O. The maximum absolute atomic E-state index is 12.0. The van der Waals surface area contributed by atoms with E-state index in [1.54, 1.807) is 12.3 Å². The summed E-state index contributed by atoms with van der Waals surface area (Å²) in [5.41, 5.74) is 3.83. The van der Waals surface area contributed by atoms with E-state index in [0.29, 0.717) is 18.2 Å². The number of hydrogen-bond acceptors (Lipinski definition) is 3. The standard InChI is InChI=1S/C19H25N3O/c1-14(2)9-10-20-19(23)18-8-7-17(13-22-18)21-12-16-6-4-5-15(3)11-16/h4-8,11,13-14,21H,9-10,12H2,1-3H3,(H,20,23). The number of carbonyl (C=O) groups excluding carboxylic acids is 1. The van der Waals surface area contributed by atoms with E-state index in [0.717, 1.165) is 18.7 Å². The van der Waals surface area contributed by atoms with Gasteiger partial charge in [-0.3, -0.25) is 4.79 Å². The maximum Gasteiger partial charge on any atom is 0.269 e. The maximum atomic E-state index is 12.0. The second kappa shape index (κ2) is 8.32. The van der Waals surface area contributed by atoms with E-state index in [1.807, 2.05) is 6.07 Å². The van der Waals surface area contributed by atoms with Crippen molar-refractivity contribution in [1.82, 2.24) is 10.3 Å². The van der Waals surface area contributed by atoms with Gasteiger partial charge in [0.15, 0.2) is 0 Å². The van der Waals surface area contributed by atoms with E-state index in [-0.39, 0.29) is 5.91 Å². The van der Waals surface area contributed by atoms with E-state index in [1.165, 1.54) is 11.1 Å². The fourth-order valence-corrected chi connectivity index (χ4v) is 2.22. The van der Waals surface area contributed by atoms with Gasteiger partial charge in [0.05, 0.1) is 11.9 Å². The molecule has 4 heteroatoms. The Hall–Kier alpha value is -2.36. The third kappa shape index (κ3) is 5.74. The lowest BCUT2D eigenvalue weighted by molar-refractivity contribution is 0.0947. The van der Waals surface area contributed by atoms with Gasteiger partial charge in [-0.2, -0.15) is 0 Å². The average Bonchev–Trinajstić information content (AvgIpc) is 2.53. The van der Waals surface area contributed by atoms with Crippen LogP contribution in [0.2, 0.25) is 0 Å². The molecule has 0 fully saturated rings. The molecule has 0 saturated carbocycles. The molecule has 2 aromatic rings. The Morgan fingerprint density at radius 3 is 2.70 bits per heavy atom. The van der Waals surface area contributed by atoms with Crippen LogP contribution in [0.4, 0.5) is 5.69 Å². The number of hydrogen-bond donors (Lipinski definition) is 2. The lowest BCUT2D eigenvalue weighted by Crippen LogP contribution is -2.26. The smallest absolute Gasteiger partial charge is 0.269 e. The summed E-state index contributed by atoms with van der Waals surface area (Å²) in [5, 5.41) is 6.21. The Balaban J connectivity index is 1.85. The van der Waals surface area contributed by atoms with Crippen molar-refractivity contribution in [2.24, 2.45) is 5.92 Å². The molecule has 23 heavy (non-hydrogen) atoms. The van der Waals surface area contributed by atoms with Crippen LogP contribution in [0.5, 0.6) is 0 Å². The molecule has 0 aliphatic rings. The van der Waals surface area contributed by atoms with Crippen LogP contribution in [0.1, 0.15) is 41.9 Å². The molecule has 122 valence electrons. The van der Waals surface area contributed by atoms with Gasteiger partial charge in [0.2, 0.25) is 0 Å². The number of benzene rings is 1. The molecule has 0 atom stereocenters. The topological polar surface area (TPSA) is 54.0 Å². The number of pyridine rings is 1. The van der Waals surface area contributed by atoms with E-state index in [9.17, 15) is 4.79 Å². The zero-order valence-electron chi connectivity index (χ0n) is 14.1. The fourth-order valence-electron chi connectivity index (χ4n) is 2.22. The van der Waals surface area contributed by atoms with Crippen LogP contribution in [-0.2, 0) is 6.54 Å². The van der Waals surface area contributed by atoms with Crippen molar-refractivity contribution >= 4 is 11.6 Å². The summed E-state index contributed by atoms with van der Waals surface area (Å²) in [4.78, 5) is 16.2. The number of amides is 1. The lowest BCUT2D eigenvalue weighted by atomic mass is 10.1. The fraction of sp³-hybridized carbons (Fsp3) is 0.368. The van der Waals surface area contributed by atoms with Crippen LogP contribution in [-0.4, -0.2) is 17.4 Å². The molecule has 0 aliphatic heterocycles. The van der Waals surface area contributed by atoms with Gasteiger partial charge < -0.3 is 10.6 Å². The Morgan fingerprint density at radius 1 is 1.22 bits per heavy atom. The predicted molar refractivity (Wildman–Crippen MR) is 94.5 cm³/mol. The third-order valence-corrected chi connectivity index (χ3v) is 3.58. The van der Waals surface area contributed by atoms with Crippen molar-refractivity contribution in [3.63, 3.8) is 0 Å². The molecule has 0 saturated heterocycles. The second-order valence-electron chi connectivity index (χ2n) is 6.21. The third-order valence-electron chi connectivity index (χ3n) is 3.58. The first kappa shape index (κ1) is 17.0. The van der Waals surface area contributed by atoms with E-state index < -0.39 is 0 Å². The van der Waals surface area contributed by atoms with Gasteiger partial charge in [-0.05, 0) is 37.0 Å². The van der Waals surface area contributed by atoms with Gasteiger partial charge in [-0.25, -0.2) is 4.98 Å². The molecular weight excluding hydrogens is 286 g/mol. The number of nitrogens with zero attached hydrogens (tertiary/aromatic N) is 1. The van der Waals surface area contributed by atoms with Crippen LogP contribution < -0.4 is 10.6 Å². The highest BCUT2D eigenvalue weighted by atomic mass is 16.1. The Morgan fingerprint density at radius 2 is 2.04 bits per heavy atom. The Bertz CT molecular complexity index is 635. The summed E-state index contributed by atoms with van der Waals surface area (Å²) < 4.78 is 0. The monoisotopic (exact) mass is 311 g/mol. The van der Waals surface area contributed by atoms with E-state index >= 15 is 0 Å². The summed E-state index contributed by atoms with van der Waals surface area (Å²) in [5.74, 6) is 0.465. The molecule has 2 N–H and O–H groups in total. The predicted octanol–water partition coefficient (Wildman–Crippen LogP) is 3.78. The molecule has 0 radical (unpaired) electrons. The van der Waals surface area contributed by atoms with Crippen molar-refractivity contribution in [3.8, 4) is 0 Å². The van der Waals surface area contributed by atoms with Gasteiger partial charge in [0.25, 0.3) is 5.91 Å². The van der Waals surface area contributed by atoms with Crippen molar-refractivity contribution in [2.45, 2.75) is 33.7 Å². The summed E-state index contributed by atoms with van der Waals surface area (Å²) in [6.07, 6.45) is 2.68. The first-order valence-corrected chi connectivity index (χ1v) is 8.08. The van der Waals surface area contributed by atoms with Crippen LogP contribution in [0.15, 0.2) is 42.6 Å². The SMILES string of the molecule is Cc1cccc(CNc2ccc(C(=O)NCCC(C)C)nc2)c1. The second-order valence-corrected chi connectivity index (χ2v) is 6.21. The Kier molecular flexibility index (Phi) is 6.15. The molecule has 0 aliphatic carbocycles. The molecule has 1 heterocycles. The van der Waals surface area contributed by atoms with E-state index in [2.05, 4.69) is 60.7 Å². The zero-order valence-corrected chi connectivity index (χ0v) is 14.1.